The number of carbonyl (C=O) groups is 2. The number of hydrogen-bond acceptors (Lipinski definition) is 4. The van der Waals surface area contributed by atoms with E-state index in [0.29, 0.717) is 24.4 Å². The number of aromatic nitrogens is 1. The van der Waals surface area contributed by atoms with Crippen LogP contribution in [-0.2, 0) is 16.1 Å². The van der Waals surface area contributed by atoms with E-state index in [-0.39, 0.29) is 24.3 Å². The van der Waals surface area contributed by atoms with Crippen molar-refractivity contribution >= 4 is 17.6 Å². The van der Waals surface area contributed by atoms with Crippen molar-refractivity contribution in [2.45, 2.75) is 26.3 Å². The fourth-order valence-corrected chi connectivity index (χ4v) is 1.95. The van der Waals surface area contributed by atoms with Crippen LogP contribution in [0.4, 0.5) is 5.82 Å². The van der Waals surface area contributed by atoms with Gasteiger partial charge in [-0.2, -0.15) is 0 Å². The Balaban J connectivity index is 2.13. The van der Waals surface area contributed by atoms with Crippen molar-refractivity contribution in [3.8, 4) is 0 Å². The molecule has 17 heavy (non-hydrogen) atoms. The van der Waals surface area contributed by atoms with Gasteiger partial charge in [0.05, 0.1) is 12.2 Å². The summed E-state index contributed by atoms with van der Waals surface area (Å²) >= 11 is 0. The summed E-state index contributed by atoms with van der Waals surface area (Å²) in [6.45, 7) is 2.13. The molecule has 5 heteroatoms. The Bertz CT molecular complexity index is 441. The third kappa shape index (κ3) is 2.61. The minimum atomic E-state index is -0.127. The standard InChI is InChI=1S/C12H15N3O2/c1-8-5-11(16)15(12(17)6-8)7-9-3-2-4-10(13)14-9/h2-4,8H,5-7H2,1H3,(H2,13,14). The molecule has 1 saturated heterocycles. The number of likely N-dealkylation sites (tertiary alicyclic amines) is 1. The van der Waals surface area contributed by atoms with Gasteiger partial charge < -0.3 is 5.73 Å². The van der Waals surface area contributed by atoms with Gasteiger partial charge in [0.25, 0.3) is 0 Å². The predicted octanol–water partition coefficient (Wildman–Crippen LogP) is 0.949. The number of amides is 2. The van der Waals surface area contributed by atoms with Crippen molar-refractivity contribution in [3.63, 3.8) is 0 Å². The molecule has 1 aliphatic heterocycles. The lowest BCUT2D eigenvalue weighted by Crippen LogP contribution is -2.42. The number of carbonyl (C=O) groups excluding carboxylic acids is 2. The summed E-state index contributed by atoms with van der Waals surface area (Å²) in [5, 5.41) is 0. The van der Waals surface area contributed by atoms with Crippen LogP contribution in [0, 0.1) is 5.92 Å². The summed E-state index contributed by atoms with van der Waals surface area (Å²) in [6.07, 6.45) is 0.849. The molecule has 0 saturated carbocycles. The SMILES string of the molecule is CC1CC(=O)N(Cc2cccc(N)n2)C(=O)C1. The molecule has 1 fully saturated rings. The van der Waals surface area contributed by atoms with Crippen molar-refractivity contribution < 1.29 is 9.59 Å². The molecule has 2 N–H and O–H groups in total. The van der Waals surface area contributed by atoms with Crippen molar-refractivity contribution in [2.24, 2.45) is 5.92 Å². The Morgan fingerprint density at radius 1 is 1.35 bits per heavy atom. The molecule has 2 amide bonds. The quantitative estimate of drug-likeness (QED) is 0.771. The monoisotopic (exact) mass is 233 g/mol. The third-order valence-electron chi connectivity index (χ3n) is 2.80. The minimum absolute atomic E-state index is 0.127. The van der Waals surface area contributed by atoms with Crippen molar-refractivity contribution in [1.29, 1.82) is 0 Å². The molecule has 1 aromatic rings. The van der Waals surface area contributed by atoms with E-state index in [9.17, 15) is 9.59 Å². The number of pyridine rings is 1. The summed E-state index contributed by atoms with van der Waals surface area (Å²) in [6, 6.07) is 5.19. The zero-order valence-corrected chi connectivity index (χ0v) is 9.72. The largest absolute Gasteiger partial charge is 0.384 e. The molecule has 1 aromatic heterocycles. The van der Waals surface area contributed by atoms with E-state index >= 15 is 0 Å². The molecular weight excluding hydrogens is 218 g/mol. The number of nitrogens with zero attached hydrogens (tertiary/aromatic N) is 2. The maximum absolute atomic E-state index is 11.8. The number of nitrogen functional groups attached to an aromatic ring is 1. The molecule has 2 heterocycles. The second-order valence-corrected chi connectivity index (χ2v) is 4.44. The molecular formula is C12H15N3O2. The Morgan fingerprint density at radius 3 is 2.59 bits per heavy atom. The van der Waals surface area contributed by atoms with Crippen LogP contribution in [0.5, 0.6) is 0 Å². The van der Waals surface area contributed by atoms with Gasteiger partial charge in [0.15, 0.2) is 0 Å². The van der Waals surface area contributed by atoms with Crippen LogP contribution in [-0.4, -0.2) is 21.7 Å². The summed E-state index contributed by atoms with van der Waals surface area (Å²) in [5.41, 5.74) is 6.20. The smallest absolute Gasteiger partial charge is 0.229 e. The molecule has 5 nitrogen and oxygen atoms in total. The van der Waals surface area contributed by atoms with E-state index in [1.54, 1.807) is 18.2 Å². The van der Waals surface area contributed by atoms with Gasteiger partial charge in [-0.3, -0.25) is 14.5 Å². The first-order valence-electron chi connectivity index (χ1n) is 5.61. The topological polar surface area (TPSA) is 76.3 Å². The van der Waals surface area contributed by atoms with Gasteiger partial charge in [0.2, 0.25) is 11.8 Å². The second kappa shape index (κ2) is 4.53. The normalized spacial score (nSPS) is 17.6. The van der Waals surface area contributed by atoms with Gasteiger partial charge in [-0.15, -0.1) is 0 Å². The molecule has 0 atom stereocenters. The van der Waals surface area contributed by atoms with E-state index in [0.717, 1.165) is 0 Å². The Morgan fingerprint density at radius 2 is 2.00 bits per heavy atom. The first-order valence-corrected chi connectivity index (χ1v) is 5.61. The summed E-state index contributed by atoms with van der Waals surface area (Å²) in [4.78, 5) is 28.9. The molecule has 90 valence electrons. The molecule has 0 bridgehead atoms. The predicted molar refractivity (Wildman–Crippen MR) is 62.6 cm³/mol. The Kier molecular flexibility index (Phi) is 3.08. The van der Waals surface area contributed by atoms with Gasteiger partial charge in [0, 0.05) is 12.8 Å². The van der Waals surface area contributed by atoms with Gasteiger partial charge in [-0.05, 0) is 18.1 Å². The fourth-order valence-electron chi connectivity index (χ4n) is 1.95. The van der Waals surface area contributed by atoms with Crippen LogP contribution in [0.3, 0.4) is 0 Å². The van der Waals surface area contributed by atoms with E-state index in [1.807, 2.05) is 6.92 Å². The van der Waals surface area contributed by atoms with E-state index in [1.165, 1.54) is 4.90 Å². The van der Waals surface area contributed by atoms with Crippen LogP contribution in [0.1, 0.15) is 25.5 Å². The van der Waals surface area contributed by atoms with Crippen LogP contribution >= 0.6 is 0 Å². The first-order chi connectivity index (χ1) is 8.06. The third-order valence-corrected chi connectivity index (χ3v) is 2.80. The van der Waals surface area contributed by atoms with Gasteiger partial charge >= 0.3 is 0 Å². The summed E-state index contributed by atoms with van der Waals surface area (Å²) in [5.74, 6) is 0.281. The number of piperidine rings is 1. The zero-order valence-electron chi connectivity index (χ0n) is 9.72. The summed E-state index contributed by atoms with van der Waals surface area (Å²) in [7, 11) is 0. The number of nitrogens with two attached hydrogens (primary N) is 1. The molecule has 2 rings (SSSR count). The number of rotatable bonds is 2. The number of anilines is 1. The van der Waals surface area contributed by atoms with Crippen molar-refractivity contribution in [2.75, 3.05) is 5.73 Å². The lowest BCUT2D eigenvalue weighted by molar-refractivity contribution is -0.150. The van der Waals surface area contributed by atoms with Crippen LogP contribution in [0.15, 0.2) is 18.2 Å². The highest BCUT2D eigenvalue weighted by Gasteiger charge is 2.30. The van der Waals surface area contributed by atoms with Crippen LogP contribution < -0.4 is 5.73 Å². The molecule has 0 spiro atoms. The first kappa shape index (κ1) is 11.6. The molecule has 0 aromatic carbocycles. The Labute approximate surface area is 99.6 Å². The highest BCUT2D eigenvalue weighted by molar-refractivity contribution is 5.97. The molecule has 0 radical (unpaired) electrons. The maximum atomic E-state index is 11.8. The van der Waals surface area contributed by atoms with Crippen molar-refractivity contribution in [1.82, 2.24) is 9.88 Å². The zero-order chi connectivity index (χ0) is 12.4. The van der Waals surface area contributed by atoms with Gasteiger partial charge in [-0.1, -0.05) is 13.0 Å². The highest BCUT2D eigenvalue weighted by atomic mass is 16.2. The second-order valence-electron chi connectivity index (χ2n) is 4.44. The van der Waals surface area contributed by atoms with E-state index < -0.39 is 0 Å². The number of imide groups is 1. The maximum Gasteiger partial charge on any atom is 0.229 e. The number of hydrogen-bond donors (Lipinski definition) is 1. The van der Waals surface area contributed by atoms with E-state index in [4.69, 9.17) is 5.73 Å². The minimum Gasteiger partial charge on any atom is -0.384 e. The van der Waals surface area contributed by atoms with E-state index in [2.05, 4.69) is 4.98 Å². The molecule has 0 unspecified atom stereocenters. The average Bonchev–Trinajstić information content (AvgIpc) is 2.23. The average molecular weight is 233 g/mol. The molecule has 0 aliphatic carbocycles. The lowest BCUT2D eigenvalue weighted by Gasteiger charge is -2.27. The lowest BCUT2D eigenvalue weighted by atomic mass is 9.98. The fraction of sp³-hybridized carbons (Fsp3) is 0.417. The van der Waals surface area contributed by atoms with Gasteiger partial charge in [-0.25, -0.2) is 4.98 Å². The highest BCUT2D eigenvalue weighted by Crippen LogP contribution is 2.20. The van der Waals surface area contributed by atoms with Crippen LogP contribution in [0.2, 0.25) is 0 Å². The Hall–Kier alpha value is -1.91. The van der Waals surface area contributed by atoms with Crippen molar-refractivity contribution in [3.05, 3.63) is 23.9 Å². The summed E-state index contributed by atoms with van der Waals surface area (Å²) < 4.78 is 0. The van der Waals surface area contributed by atoms with Gasteiger partial charge in [0.1, 0.15) is 5.82 Å². The van der Waals surface area contributed by atoms with Crippen LogP contribution in [0.25, 0.3) is 0 Å². The molecule has 1 aliphatic rings.